The summed E-state index contributed by atoms with van der Waals surface area (Å²) in [5, 5.41) is 4.85. The standard InChI is InChI=1S/C27H20N2O3/c30-25(28-23-16-8-12-19-11-4-5-13-20(19)23)24(17-18-9-2-1-3-10-18)29-26(31)21-14-6-7-15-22(21)27(29)32/h1-16,24H,17H2,(H,28,30)/t24-/m1/s1. The monoisotopic (exact) mass is 420 g/mol. The Balaban J connectivity index is 1.52. The highest BCUT2D eigenvalue weighted by Crippen LogP contribution is 2.28. The summed E-state index contributed by atoms with van der Waals surface area (Å²) < 4.78 is 0. The Morgan fingerprint density at radius 3 is 2.03 bits per heavy atom. The first kappa shape index (κ1) is 19.7. The van der Waals surface area contributed by atoms with Gasteiger partial charge in [0, 0.05) is 17.5 Å². The summed E-state index contributed by atoms with van der Waals surface area (Å²) in [5.41, 5.74) is 2.16. The number of hydrogen-bond acceptors (Lipinski definition) is 3. The summed E-state index contributed by atoms with van der Waals surface area (Å²) in [4.78, 5) is 40.9. The molecule has 1 atom stereocenters. The van der Waals surface area contributed by atoms with E-state index in [1.807, 2.05) is 72.8 Å². The molecule has 0 aliphatic carbocycles. The molecule has 1 aliphatic rings. The lowest BCUT2D eigenvalue weighted by molar-refractivity contribution is -0.119. The molecule has 3 amide bonds. The Labute approximate surface area is 185 Å². The van der Waals surface area contributed by atoms with E-state index >= 15 is 0 Å². The van der Waals surface area contributed by atoms with Gasteiger partial charge in [-0.1, -0.05) is 78.9 Å². The van der Waals surface area contributed by atoms with E-state index in [-0.39, 0.29) is 6.42 Å². The lowest BCUT2D eigenvalue weighted by Crippen LogP contribution is -2.48. The quantitative estimate of drug-likeness (QED) is 0.477. The number of rotatable bonds is 5. The van der Waals surface area contributed by atoms with E-state index < -0.39 is 23.8 Å². The maximum atomic E-state index is 13.5. The average molecular weight is 420 g/mol. The number of benzene rings is 4. The highest BCUT2D eigenvalue weighted by Gasteiger charge is 2.42. The summed E-state index contributed by atoms with van der Waals surface area (Å²) in [6, 6.07) is 28.5. The molecule has 32 heavy (non-hydrogen) atoms. The molecule has 0 bridgehead atoms. The predicted molar refractivity (Wildman–Crippen MR) is 123 cm³/mol. The van der Waals surface area contributed by atoms with Crippen LogP contribution in [0.3, 0.4) is 0 Å². The minimum Gasteiger partial charge on any atom is -0.324 e. The van der Waals surface area contributed by atoms with Crippen LogP contribution in [0.15, 0.2) is 97.1 Å². The summed E-state index contributed by atoms with van der Waals surface area (Å²) in [5.74, 6) is -1.29. The third kappa shape index (κ3) is 3.44. The fourth-order valence-electron chi connectivity index (χ4n) is 4.18. The molecule has 4 aromatic carbocycles. The van der Waals surface area contributed by atoms with Gasteiger partial charge in [0.15, 0.2) is 0 Å². The number of imide groups is 1. The molecule has 1 N–H and O–H groups in total. The van der Waals surface area contributed by atoms with Crippen LogP contribution < -0.4 is 5.32 Å². The van der Waals surface area contributed by atoms with Crippen molar-refractivity contribution in [1.29, 1.82) is 0 Å². The summed E-state index contributed by atoms with van der Waals surface area (Å²) in [7, 11) is 0. The number of carbonyl (C=O) groups is 3. The zero-order valence-corrected chi connectivity index (χ0v) is 17.2. The number of amides is 3. The minimum atomic E-state index is -0.983. The summed E-state index contributed by atoms with van der Waals surface area (Å²) in [6.07, 6.45) is 0.225. The lowest BCUT2D eigenvalue weighted by atomic mass is 10.0. The van der Waals surface area contributed by atoms with Crippen molar-refractivity contribution in [2.24, 2.45) is 0 Å². The number of nitrogens with one attached hydrogen (secondary N) is 1. The smallest absolute Gasteiger partial charge is 0.262 e. The zero-order valence-electron chi connectivity index (χ0n) is 17.2. The van der Waals surface area contributed by atoms with Crippen LogP contribution in [-0.4, -0.2) is 28.7 Å². The van der Waals surface area contributed by atoms with Gasteiger partial charge in [-0.15, -0.1) is 0 Å². The van der Waals surface area contributed by atoms with E-state index in [4.69, 9.17) is 0 Å². The van der Waals surface area contributed by atoms with E-state index in [1.54, 1.807) is 24.3 Å². The maximum Gasteiger partial charge on any atom is 0.262 e. The first-order valence-electron chi connectivity index (χ1n) is 10.4. The van der Waals surface area contributed by atoms with Crippen LogP contribution in [0.5, 0.6) is 0 Å². The van der Waals surface area contributed by atoms with Crippen LogP contribution in [0.2, 0.25) is 0 Å². The van der Waals surface area contributed by atoms with E-state index in [0.717, 1.165) is 21.2 Å². The summed E-state index contributed by atoms with van der Waals surface area (Å²) >= 11 is 0. The highest BCUT2D eigenvalue weighted by atomic mass is 16.2. The fourth-order valence-corrected chi connectivity index (χ4v) is 4.18. The lowest BCUT2D eigenvalue weighted by Gasteiger charge is -2.26. The first-order valence-corrected chi connectivity index (χ1v) is 10.4. The van der Waals surface area contributed by atoms with Crippen LogP contribution >= 0.6 is 0 Å². The second-order valence-electron chi connectivity index (χ2n) is 7.75. The van der Waals surface area contributed by atoms with Gasteiger partial charge in [-0.25, -0.2) is 0 Å². The van der Waals surface area contributed by atoms with Gasteiger partial charge in [-0.2, -0.15) is 0 Å². The molecule has 0 aromatic heterocycles. The van der Waals surface area contributed by atoms with Crippen molar-refractivity contribution < 1.29 is 14.4 Å². The Kier molecular flexibility index (Phi) is 5.00. The molecule has 5 rings (SSSR count). The van der Waals surface area contributed by atoms with Crippen molar-refractivity contribution in [3.63, 3.8) is 0 Å². The molecule has 5 heteroatoms. The molecule has 0 unspecified atom stereocenters. The van der Waals surface area contributed by atoms with E-state index in [0.29, 0.717) is 16.8 Å². The van der Waals surface area contributed by atoms with E-state index in [9.17, 15) is 14.4 Å². The van der Waals surface area contributed by atoms with Crippen LogP contribution in [0.1, 0.15) is 26.3 Å². The molecule has 5 nitrogen and oxygen atoms in total. The fraction of sp³-hybridized carbons (Fsp3) is 0.0741. The number of carbonyl (C=O) groups excluding carboxylic acids is 3. The minimum absolute atomic E-state index is 0.225. The van der Waals surface area contributed by atoms with Gasteiger partial charge in [0.25, 0.3) is 11.8 Å². The number of hydrogen-bond donors (Lipinski definition) is 1. The molecule has 0 radical (unpaired) electrons. The van der Waals surface area contributed by atoms with E-state index in [2.05, 4.69) is 5.32 Å². The molecule has 156 valence electrons. The van der Waals surface area contributed by atoms with Gasteiger partial charge >= 0.3 is 0 Å². The number of nitrogens with zero attached hydrogens (tertiary/aromatic N) is 1. The van der Waals surface area contributed by atoms with Gasteiger partial charge in [-0.05, 0) is 29.1 Å². The van der Waals surface area contributed by atoms with Crippen LogP contribution in [-0.2, 0) is 11.2 Å². The molecule has 0 saturated carbocycles. The van der Waals surface area contributed by atoms with Crippen molar-refractivity contribution in [3.05, 3.63) is 114 Å². The van der Waals surface area contributed by atoms with E-state index in [1.165, 1.54) is 0 Å². The van der Waals surface area contributed by atoms with Crippen molar-refractivity contribution in [3.8, 4) is 0 Å². The molecular formula is C27H20N2O3. The Morgan fingerprint density at radius 2 is 1.31 bits per heavy atom. The molecule has 1 heterocycles. The number of fused-ring (bicyclic) bond motifs is 2. The number of anilines is 1. The van der Waals surface area contributed by atoms with Crippen molar-refractivity contribution >= 4 is 34.2 Å². The second-order valence-corrected chi connectivity index (χ2v) is 7.75. The topological polar surface area (TPSA) is 66.5 Å². The van der Waals surface area contributed by atoms with Crippen molar-refractivity contribution in [2.75, 3.05) is 5.32 Å². The highest BCUT2D eigenvalue weighted by molar-refractivity contribution is 6.23. The molecule has 1 aliphatic heterocycles. The second kappa shape index (κ2) is 8.12. The van der Waals surface area contributed by atoms with Gasteiger partial charge in [0.2, 0.25) is 5.91 Å². The predicted octanol–water partition coefficient (Wildman–Crippen LogP) is 4.69. The maximum absolute atomic E-state index is 13.5. The third-order valence-electron chi connectivity index (χ3n) is 5.76. The SMILES string of the molecule is O=C(Nc1cccc2ccccc12)[C@@H](Cc1ccccc1)N1C(=O)c2ccccc2C1=O. The molecular weight excluding hydrogens is 400 g/mol. The van der Waals surface area contributed by atoms with Crippen molar-refractivity contribution in [2.45, 2.75) is 12.5 Å². The van der Waals surface area contributed by atoms with Gasteiger partial charge in [0.1, 0.15) is 6.04 Å². The van der Waals surface area contributed by atoms with Crippen molar-refractivity contribution in [1.82, 2.24) is 4.90 Å². The van der Waals surface area contributed by atoms with Crippen LogP contribution in [0.25, 0.3) is 10.8 Å². The Morgan fingerprint density at radius 1 is 0.719 bits per heavy atom. The Bertz CT molecular complexity index is 1310. The van der Waals surface area contributed by atoms with Crippen LogP contribution in [0.4, 0.5) is 5.69 Å². The van der Waals surface area contributed by atoms with Crippen LogP contribution in [0, 0.1) is 0 Å². The first-order chi connectivity index (χ1) is 15.6. The molecule has 0 saturated heterocycles. The molecule has 0 fully saturated rings. The average Bonchev–Trinajstić information content (AvgIpc) is 3.08. The zero-order chi connectivity index (χ0) is 22.1. The largest absolute Gasteiger partial charge is 0.324 e. The molecule has 0 spiro atoms. The Hall–Kier alpha value is -4.25. The third-order valence-corrected chi connectivity index (χ3v) is 5.76. The van der Waals surface area contributed by atoms with Gasteiger partial charge in [0.05, 0.1) is 11.1 Å². The summed E-state index contributed by atoms with van der Waals surface area (Å²) in [6.45, 7) is 0. The van der Waals surface area contributed by atoms with Gasteiger partial charge in [-0.3, -0.25) is 19.3 Å². The normalized spacial score (nSPS) is 13.8. The molecule has 4 aromatic rings. The van der Waals surface area contributed by atoms with Gasteiger partial charge < -0.3 is 5.32 Å².